The van der Waals surface area contributed by atoms with Crippen molar-refractivity contribution < 1.29 is 19.6 Å². The fraction of sp³-hybridized carbons (Fsp3) is 0.462. The molecule has 0 radical (unpaired) electrons. The van der Waals surface area contributed by atoms with Crippen LogP contribution in [0.15, 0.2) is 18.2 Å². The van der Waals surface area contributed by atoms with Gasteiger partial charge in [-0.2, -0.15) is 0 Å². The minimum Gasteiger partial charge on any atom is -0.508 e. The monoisotopic (exact) mass is 280 g/mol. The average molecular weight is 280 g/mol. The predicted molar refractivity (Wildman–Crippen MR) is 70.7 cm³/mol. The summed E-state index contributed by atoms with van der Waals surface area (Å²) in [5.41, 5.74) is -0.394. The summed E-state index contributed by atoms with van der Waals surface area (Å²) in [4.78, 5) is 24.3. The summed E-state index contributed by atoms with van der Waals surface area (Å²) in [6.45, 7) is 3.27. The number of carbonyl (C=O) groups excluding carboxylic acids is 1. The van der Waals surface area contributed by atoms with E-state index < -0.39 is 10.8 Å². The highest BCUT2D eigenvalue weighted by Crippen LogP contribution is 2.25. The second-order valence-electron chi connectivity index (χ2n) is 4.74. The Morgan fingerprint density at radius 3 is 3.00 bits per heavy atom. The molecule has 0 aliphatic carbocycles. The molecule has 2 rings (SSSR count). The third-order valence-electron chi connectivity index (χ3n) is 3.15. The van der Waals surface area contributed by atoms with Gasteiger partial charge in [-0.25, -0.2) is 0 Å². The van der Waals surface area contributed by atoms with Crippen LogP contribution in [0.5, 0.6) is 5.75 Å². The van der Waals surface area contributed by atoms with Crippen molar-refractivity contribution in [2.24, 2.45) is 0 Å². The quantitative estimate of drug-likeness (QED) is 0.655. The fourth-order valence-corrected chi connectivity index (χ4v) is 2.20. The van der Waals surface area contributed by atoms with Crippen LogP contribution in [0, 0.1) is 10.1 Å². The van der Waals surface area contributed by atoms with Crippen LogP contribution in [0.3, 0.4) is 0 Å². The van der Waals surface area contributed by atoms with Crippen molar-refractivity contribution in [2.45, 2.75) is 19.4 Å². The molecule has 1 aromatic rings. The van der Waals surface area contributed by atoms with Crippen LogP contribution >= 0.6 is 0 Å². The first-order chi connectivity index (χ1) is 9.49. The van der Waals surface area contributed by atoms with Gasteiger partial charge in [-0.1, -0.05) is 0 Å². The molecule has 1 aliphatic rings. The molecule has 1 amide bonds. The number of phenols is 1. The van der Waals surface area contributed by atoms with Crippen molar-refractivity contribution in [2.75, 3.05) is 19.7 Å². The highest BCUT2D eigenvalue weighted by atomic mass is 16.6. The smallest absolute Gasteiger partial charge is 0.282 e. The van der Waals surface area contributed by atoms with Crippen molar-refractivity contribution in [3.05, 3.63) is 33.9 Å². The van der Waals surface area contributed by atoms with Crippen molar-refractivity contribution in [1.29, 1.82) is 0 Å². The van der Waals surface area contributed by atoms with E-state index in [4.69, 9.17) is 4.74 Å². The molecule has 0 aromatic heterocycles. The van der Waals surface area contributed by atoms with Crippen molar-refractivity contribution in [3.63, 3.8) is 0 Å². The third-order valence-corrected chi connectivity index (χ3v) is 3.15. The van der Waals surface area contributed by atoms with E-state index in [1.807, 2.05) is 6.92 Å². The molecule has 1 saturated heterocycles. The molecular formula is C13H16N2O5. The molecule has 20 heavy (non-hydrogen) atoms. The summed E-state index contributed by atoms with van der Waals surface area (Å²) in [7, 11) is 0. The first-order valence-corrected chi connectivity index (χ1v) is 6.37. The lowest BCUT2D eigenvalue weighted by atomic mass is 10.1. The molecule has 1 N–H and O–H groups in total. The maximum atomic E-state index is 12.4. The number of aromatic hydroxyl groups is 1. The van der Waals surface area contributed by atoms with E-state index in [0.717, 1.165) is 12.1 Å². The van der Waals surface area contributed by atoms with Gasteiger partial charge in [0.1, 0.15) is 11.3 Å². The number of nitrogens with zero attached hydrogens (tertiary/aromatic N) is 2. The van der Waals surface area contributed by atoms with Gasteiger partial charge in [-0.15, -0.1) is 0 Å². The number of carbonyl (C=O) groups is 1. The van der Waals surface area contributed by atoms with E-state index in [0.29, 0.717) is 26.1 Å². The van der Waals surface area contributed by atoms with E-state index >= 15 is 0 Å². The Morgan fingerprint density at radius 1 is 1.55 bits per heavy atom. The lowest BCUT2D eigenvalue weighted by Crippen LogP contribution is -2.36. The summed E-state index contributed by atoms with van der Waals surface area (Å²) in [6, 6.07) is 3.47. The molecule has 1 atom stereocenters. The molecule has 1 heterocycles. The van der Waals surface area contributed by atoms with Gasteiger partial charge < -0.3 is 14.7 Å². The second kappa shape index (κ2) is 5.87. The average Bonchev–Trinajstić information content (AvgIpc) is 2.62. The molecule has 1 unspecified atom stereocenters. The summed E-state index contributed by atoms with van der Waals surface area (Å²) >= 11 is 0. The van der Waals surface area contributed by atoms with Crippen LogP contribution in [0.1, 0.15) is 23.7 Å². The van der Waals surface area contributed by atoms with Crippen molar-refractivity contribution in [3.8, 4) is 5.75 Å². The van der Waals surface area contributed by atoms with Gasteiger partial charge in [0, 0.05) is 25.8 Å². The van der Waals surface area contributed by atoms with E-state index in [1.165, 1.54) is 11.0 Å². The Morgan fingerprint density at radius 2 is 2.30 bits per heavy atom. The standard InChI is InChI=1S/C13H16N2O5/c1-9-8-14(5-2-6-20-9)13(17)11-7-10(16)3-4-12(11)15(18)19/h3-4,7,9,16H,2,5-6,8H2,1H3. The van der Waals surface area contributed by atoms with E-state index in [1.54, 1.807) is 0 Å². The number of ether oxygens (including phenoxy) is 1. The SMILES string of the molecule is CC1CN(C(=O)c2cc(O)ccc2[N+](=O)[O-])CCCO1. The van der Waals surface area contributed by atoms with Gasteiger partial charge >= 0.3 is 0 Å². The van der Waals surface area contributed by atoms with Crippen LogP contribution in [-0.4, -0.2) is 46.6 Å². The lowest BCUT2D eigenvalue weighted by Gasteiger charge is -2.22. The third kappa shape index (κ3) is 3.05. The normalized spacial score (nSPS) is 19.4. The Labute approximate surface area is 115 Å². The first-order valence-electron chi connectivity index (χ1n) is 6.37. The zero-order chi connectivity index (χ0) is 14.7. The minimum atomic E-state index is -0.621. The summed E-state index contributed by atoms with van der Waals surface area (Å²) in [5, 5.41) is 20.4. The Balaban J connectivity index is 2.32. The number of hydrogen-bond acceptors (Lipinski definition) is 5. The van der Waals surface area contributed by atoms with Crippen LogP contribution in [0.2, 0.25) is 0 Å². The molecule has 0 bridgehead atoms. The number of nitro groups is 1. The Bertz CT molecular complexity index is 531. The van der Waals surface area contributed by atoms with Gasteiger partial charge in [-0.05, 0) is 25.5 Å². The van der Waals surface area contributed by atoms with E-state index in [2.05, 4.69) is 0 Å². The topological polar surface area (TPSA) is 92.9 Å². The van der Waals surface area contributed by atoms with Gasteiger partial charge in [0.05, 0.1) is 11.0 Å². The van der Waals surface area contributed by atoms with Crippen LogP contribution < -0.4 is 0 Å². The molecule has 1 aromatic carbocycles. The van der Waals surface area contributed by atoms with Crippen LogP contribution in [-0.2, 0) is 4.74 Å². The number of nitro benzene ring substituents is 1. The molecule has 7 nitrogen and oxygen atoms in total. The highest BCUT2D eigenvalue weighted by molar-refractivity contribution is 5.98. The zero-order valence-corrected chi connectivity index (χ0v) is 11.1. The number of benzene rings is 1. The largest absolute Gasteiger partial charge is 0.508 e. The predicted octanol–water partition coefficient (Wildman–Crippen LogP) is 1.55. The number of rotatable bonds is 2. The van der Waals surface area contributed by atoms with Gasteiger partial charge in [0.15, 0.2) is 0 Å². The zero-order valence-electron chi connectivity index (χ0n) is 11.1. The number of hydrogen-bond donors (Lipinski definition) is 1. The molecule has 7 heteroatoms. The molecule has 108 valence electrons. The van der Waals surface area contributed by atoms with Crippen molar-refractivity contribution in [1.82, 2.24) is 4.90 Å². The minimum absolute atomic E-state index is 0.0934. The Kier molecular flexibility index (Phi) is 4.19. The van der Waals surface area contributed by atoms with Gasteiger partial charge in [0.25, 0.3) is 11.6 Å². The highest BCUT2D eigenvalue weighted by Gasteiger charge is 2.27. The van der Waals surface area contributed by atoms with E-state index in [9.17, 15) is 20.0 Å². The second-order valence-corrected chi connectivity index (χ2v) is 4.74. The van der Waals surface area contributed by atoms with Gasteiger partial charge in [0.2, 0.25) is 0 Å². The number of amides is 1. The maximum Gasteiger partial charge on any atom is 0.282 e. The summed E-state index contributed by atoms with van der Waals surface area (Å²) in [6.07, 6.45) is 0.570. The van der Waals surface area contributed by atoms with E-state index in [-0.39, 0.29) is 23.1 Å². The van der Waals surface area contributed by atoms with Crippen LogP contribution in [0.25, 0.3) is 0 Å². The van der Waals surface area contributed by atoms with Crippen LogP contribution in [0.4, 0.5) is 5.69 Å². The molecule has 1 aliphatic heterocycles. The summed E-state index contributed by atoms with van der Waals surface area (Å²) in [5.74, 6) is -0.622. The molecule has 0 spiro atoms. The molecular weight excluding hydrogens is 264 g/mol. The summed E-state index contributed by atoms with van der Waals surface area (Å²) < 4.78 is 5.44. The first kappa shape index (κ1) is 14.3. The Hall–Kier alpha value is -2.15. The number of phenolic OH excluding ortho intramolecular Hbond substituents is 1. The van der Waals surface area contributed by atoms with Gasteiger partial charge in [-0.3, -0.25) is 14.9 Å². The fourth-order valence-electron chi connectivity index (χ4n) is 2.20. The molecule has 1 fully saturated rings. The lowest BCUT2D eigenvalue weighted by molar-refractivity contribution is -0.385. The maximum absolute atomic E-state index is 12.4. The van der Waals surface area contributed by atoms with Crippen molar-refractivity contribution >= 4 is 11.6 Å². The molecule has 0 saturated carbocycles.